The Hall–Kier alpha value is -1.79. The van der Waals surface area contributed by atoms with E-state index in [1.165, 1.54) is 11.8 Å². The van der Waals surface area contributed by atoms with Crippen LogP contribution in [0.5, 0.6) is 0 Å². The van der Waals surface area contributed by atoms with E-state index < -0.39 is 12.0 Å². The average Bonchev–Trinajstić information content (AvgIpc) is 2.88. The summed E-state index contributed by atoms with van der Waals surface area (Å²) < 4.78 is 1.80. The summed E-state index contributed by atoms with van der Waals surface area (Å²) in [6.45, 7) is 0. The monoisotopic (exact) mass is 277 g/mol. The zero-order valence-electron chi connectivity index (χ0n) is 10.3. The third-order valence-electron chi connectivity index (χ3n) is 2.54. The topological polar surface area (TPSA) is 81.1 Å². The molecule has 5 nitrogen and oxygen atoms in total. The molecular formula is C13H15N3O2S. The van der Waals surface area contributed by atoms with Gasteiger partial charge in [-0.3, -0.25) is 4.79 Å². The quantitative estimate of drug-likeness (QED) is 0.836. The van der Waals surface area contributed by atoms with Crippen molar-refractivity contribution < 1.29 is 9.90 Å². The van der Waals surface area contributed by atoms with E-state index in [4.69, 9.17) is 10.8 Å². The van der Waals surface area contributed by atoms with Crippen LogP contribution in [0, 0.1) is 0 Å². The van der Waals surface area contributed by atoms with Crippen LogP contribution in [0.3, 0.4) is 0 Å². The molecule has 100 valence electrons. The zero-order valence-corrected chi connectivity index (χ0v) is 11.1. The van der Waals surface area contributed by atoms with E-state index in [2.05, 4.69) is 5.10 Å². The molecule has 1 heterocycles. The summed E-state index contributed by atoms with van der Waals surface area (Å²) in [7, 11) is 0. The number of carboxylic acid groups (broad SMARTS) is 1. The van der Waals surface area contributed by atoms with Crippen LogP contribution in [-0.2, 0) is 10.5 Å². The number of carboxylic acids is 1. The van der Waals surface area contributed by atoms with Gasteiger partial charge >= 0.3 is 5.97 Å². The van der Waals surface area contributed by atoms with Crippen molar-refractivity contribution in [3.63, 3.8) is 0 Å². The molecule has 6 heteroatoms. The van der Waals surface area contributed by atoms with Gasteiger partial charge in [-0.2, -0.15) is 16.9 Å². The summed E-state index contributed by atoms with van der Waals surface area (Å²) in [5, 5.41) is 13.0. The van der Waals surface area contributed by atoms with E-state index in [0.29, 0.717) is 11.5 Å². The van der Waals surface area contributed by atoms with Gasteiger partial charge in [0.1, 0.15) is 6.04 Å². The van der Waals surface area contributed by atoms with Gasteiger partial charge in [-0.05, 0) is 12.1 Å². The van der Waals surface area contributed by atoms with Gasteiger partial charge in [-0.1, -0.05) is 18.2 Å². The summed E-state index contributed by atoms with van der Waals surface area (Å²) >= 11 is 1.49. The van der Waals surface area contributed by atoms with Crippen LogP contribution in [0.1, 0.15) is 5.56 Å². The van der Waals surface area contributed by atoms with Crippen molar-refractivity contribution in [3.8, 4) is 5.69 Å². The number of thioether (sulfide) groups is 1. The van der Waals surface area contributed by atoms with Gasteiger partial charge in [0.15, 0.2) is 0 Å². The number of nitrogens with zero attached hydrogens (tertiary/aromatic N) is 2. The SMILES string of the molecule is N[C@@H](CSCc1cnn(-c2ccccc2)c1)C(=O)O. The zero-order chi connectivity index (χ0) is 13.7. The Morgan fingerprint density at radius 3 is 2.84 bits per heavy atom. The summed E-state index contributed by atoms with van der Waals surface area (Å²) in [5.41, 5.74) is 7.48. The minimum atomic E-state index is -0.965. The standard InChI is InChI=1S/C13H15N3O2S/c14-12(13(17)18)9-19-8-10-6-15-16(7-10)11-4-2-1-3-5-11/h1-7,12H,8-9,14H2,(H,17,18)/t12-/m0/s1. The van der Waals surface area contributed by atoms with E-state index in [9.17, 15) is 4.79 Å². The van der Waals surface area contributed by atoms with E-state index in [-0.39, 0.29) is 0 Å². The summed E-state index contributed by atoms with van der Waals surface area (Å²) in [5.74, 6) is 0.132. The Bertz CT molecular complexity index is 542. The Balaban J connectivity index is 1.90. The highest BCUT2D eigenvalue weighted by atomic mass is 32.2. The Morgan fingerprint density at radius 1 is 1.42 bits per heavy atom. The van der Waals surface area contributed by atoms with Gasteiger partial charge in [0.25, 0.3) is 0 Å². The summed E-state index contributed by atoms with van der Waals surface area (Å²) in [6, 6.07) is 9.01. The minimum Gasteiger partial charge on any atom is -0.480 e. The van der Waals surface area contributed by atoms with Crippen LogP contribution < -0.4 is 5.73 Å². The Labute approximate surface area is 115 Å². The lowest BCUT2D eigenvalue weighted by molar-refractivity contribution is -0.137. The smallest absolute Gasteiger partial charge is 0.321 e. The van der Waals surface area contributed by atoms with Crippen molar-refractivity contribution in [1.29, 1.82) is 0 Å². The second-order valence-electron chi connectivity index (χ2n) is 4.09. The number of nitrogens with two attached hydrogens (primary N) is 1. The van der Waals surface area contributed by atoms with Crippen molar-refractivity contribution in [2.45, 2.75) is 11.8 Å². The van der Waals surface area contributed by atoms with Gasteiger partial charge in [0.2, 0.25) is 0 Å². The van der Waals surface area contributed by atoms with Crippen molar-refractivity contribution in [3.05, 3.63) is 48.3 Å². The Kier molecular flexibility index (Phi) is 4.59. The first-order valence-electron chi connectivity index (χ1n) is 5.82. The number of carbonyl (C=O) groups is 1. The molecule has 3 N–H and O–H groups in total. The number of para-hydroxylation sites is 1. The largest absolute Gasteiger partial charge is 0.480 e. The van der Waals surface area contributed by atoms with Crippen LogP contribution in [0.15, 0.2) is 42.7 Å². The fraction of sp³-hybridized carbons (Fsp3) is 0.231. The fourth-order valence-corrected chi connectivity index (χ4v) is 2.43. The first-order valence-corrected chi connectivity index (χ1v) is 6.97. The third-order valence-corrected chi connectivity index (χ3v) is 3.67. The molecule has 0 saturated carbocycles. The highest BCUT2D eigenvalue weighted by Crippen LogP contribution is 2.14. The molecular weight excluding hydrogens is 262 g/mol. The molecule has 0 bridgehead atoms. The molecule has 2 aromatic rings. The highest BCUT2D eigenvalue weighted by Gasteiger charge is 2.11. The number of rotatable bonds is 6. The van der Waals surface area contributed by atoms with E-state index in [0.717, 1.165) is 11.3 Å². The van der Waals surface area contributed by atoms with Gasteiger partial charge in [0, 0.05) is 23.3 Å². The minimum absolute atomic E-state index is 0.395. The molecule has 1 atom stereocenters. The van der Waals surface area contributed by atoms with Gasteiger partial charge < -0.3 is 10.8 Å². The number of aromatic nitrogens is 2. The molecule has 0 radical (unpaired) electrons. The highest BCUT2D eigenvalue weighted by molar-refractivity contribution is 7.98. The maximum atomic E-state index is 10.6. The lowest BCUT2D eigenvalue weighted by Crippen LogP contribution is -2.32. The molecule has 0 unspecified atom stereocenters. The molecule has 2 rings (SSSR count). The lowest BCUT2D eigenvalue weighted by Gasteiger charge is -2.04. The second-order valence-corrected chi connectivity index (χ2v) is 5.12. The van der Waals surface area contributed by atoms with Crippen LogP contribution in [0.25, 0.3) is 5.69 Å². The predicted molar refractivity (Wildman–Crippen MR) is 75.3 cm³/mol. The van der Waals surface area contributed by atoms with E-state index in [1.807, 2.05) is 36.5 Å². The van der Waals surface area contributed by atoms with Gasteiger partial charge in [0.05, 0.1) is 11.9 Å². The fourth-order valence-electron chi connectivity index (χ4n) is 1.53. The van der Waals surface area contributed by atoms with Crippen molar-refractivity contribution in [1.82, 2.24) is 9.78 Å². The van der Waals surface area contributed by atoms with Gasteiger partial charge in [-0.25, -0.2) is 4.68 Å². The molecule has 0 spiro atoms. The van der Waals surface area contributed by atoms with Crippen molar-refractivity contribution in [2.75, 3.05) is 5.75 Å². The molecule has 0 aliphatic heterocycles. The van der Waals surface area contributed by atoms with Gasteiger partial charge in [-0.15, -0.1) is 0 Å². The van der Waals surface area contributed by atoms with E-state index >= 15 is 0 Å². The first-order chi connectivity index (χ1) is 9.16. The maximum Gasteiger partial charge on any atom is 0.321 e. The molecule has 1 aromatic carbocycles. The summed E-state index contributed by atoms with van der Waals surface area (Å²) in [4.78, 5) is 10.6. The molecule has 0 fully saturated rings. The first kappa shape index (κ1) is 13.6. The number of hydrogen-bond donors (Lipinski definition) is 2. The van der Waals surface area contributed by atoms with Crippen molar-refractivity contribution in [2.24, 2.45) is 5.73 Å². The van der Waals surface area contributed by atoms with E-state index in [1.54, 1.807) is 10.9 Å². The number of hydrogen-bond acceptors (Lipinski definition) is 4. The van der Waals surface area contributed by atoms with Crippen molar-refractivity contribution >= 4 is 17.7 Å². The van der Waals surface area contributed by atoms with Crippen LogP contribution >= 0.6 is 11.8 Å². The average molecular weight is 277 g/mol. The van der Waals surface area contributed by atoms with Crippen LogP contribution in [0.2, 0.25) is 0 Å². The Morgan fingerprint density at radius 2 is 2.16 bits per heavy atom. The molecule has 1 aromatic heterocycles. The molecule has 0 aliphatic carbocycles. The number of benzene rings is 1. The molecule has 19 heavy (non-hydrogen) atoms. The van der Waals surface area contributed by atoms with Crippen LogP contribution in [-0.4, -0.2) is 32.7 Å². The third kappa shape index (κ3) is 3.84. The maximum absolute atomic E-state index is 10.6. The number of aliphatic carboxylic acids is 1. The van der Waals surface area contributed by atoms with Crippen LogP contribution in [0.4, 0.5) is 0 Å². The lowest BCUT2D eigenvalue weighted by atomic mass is 10.3. The second kappa shape index (κ2) is 6.40. The molecule has 0 aliphatic rings. The normalized spacial score (nSPS) is 12.3. The summed E-state index contributed by atoms with van der Waals surface area (Å²) in [6.07, 6.45) is 3.72. The molecule has 0 saturated heterocycles. The molecule has 0 amide bonds. The predicted octanol–water partition coefficient (Wildman–Crippen LogP) is 1.52.